The van der Waals surface area contributed by atoms with Crippen LogP contribution in [0.4, 0.5) is 10.7 Å². The van der Waals surface area contributed by atoms with Crippen LogP contribution in [-0.2, 0) is 17.9 Å². The second-order valence-corrected chi connectivity index (χ2v) is 9.92. The number of piperidine rings is 1. The Hall–Kier alpha value is -4.87. The summed E-state index contributed by atoms with van der Waals surface area (Å²) in [5.41, 5.74) is 8.93. The summed E-state index contributed by atoms with van der Waals surface area (Å²) < 4.78 is 14.7. The number of primary amides is 1. The first kappa shape index (κ1) is 27.7. The third-order valence-electron chi connectivity index (χ3n) is 7.21. The highest BCUT2D eigenvalue weighted by atomic mass is 16.6. The molecular weight excluding hydrogens is 526 g/mol. The first-order valence-corrected chi connectivity index (χ1v) is 13.5. The van der Waals surface area contributed by atoms with Crippen LogP contribution >= 0.6 is 0 Å². The fourth-order valence-corrected chi connectivity index (χ4v) is 5.19. The molecule has 1 aliphatic rings. The molecule has 0 saturated carbocycles. The largest absolute Gasteiger partial charge is 0.494 e. The molecule has 0 bridgehead atoms. The molecule has 0 unspecified atom stereocenters. The van der Waals surface area contributed by atoms with Crippen LogP contribution in [0.2, 0.25) is 0 Å². The van der Waals surface area contributed by atoms with E-state index in [1.165, 1.54) is 7.11 Å². The van der Waals surface area contributed by atoms with Crippen molar-refractivity contribution < 1.29 is 23.9 Å². The Bertz CT molecular complexity index is 1590. The van der Waals surface area contributed by atoms with Gasteiger partial charge in [0.2, 0.25) is 11.9 Å². The molecule has 41 heavy (non-hydrogen) atoms. The molecule has 0 radical (unpaired) electrons. The Morgan fingerprint density at radius 1 is 1.10 bits per heavy atom. The zero-order valence-corrected chi connectivity index (χ0v) is 23.3. The van der Waals surface area contributed by atoms with E-state index >= 15 is 0 Å². The Balaban J connectivity index is 1.43. The topological polar surface area (TPSA) is 147 Å². The molecular formula is C29H33N7O5. The van der Waals surface area contributed by atoms with E-state index in [0.717, 1.165) is 11.3 Å². The standard InChI is InChI=1S/C29H33N7O5/c1-4-35-23(14-18(2)33-35)27(38)32-28-31-22-15-20(26(30)37)16-24(40-3)25(22)36(28)21-10-12-34(13-11-21)29(39)41-17-19-8-6-5-7-9-19/h5-9,14-16,21H,4,10-13,17H2,1-3H3,(H2,30,37)(H,31,32,38). The monoisotopic (exact) mass is 559 g/mol. The van der Waals surface area contributed by atoms with Gasteiger partial charge in [0.15, 0.2) is 0 Å². The quantitative estimate of drug-likeness (QED) is 0.333. The molecule has 2 aromatic heterocycles. The van der Waals surface area contributed by atoms with Crippen molar-refractivity contribution in [3.63, 3.8) is 0 Å². The zero-order chi connectivity index (χ0) is 29.1. The van der Waals surface area contributed by atoms with E-state index in [1.807, 2.05) is 48.7 Å². The van der Waals surface area contributed by atoms with Crippen molar-refractivity contribution in [3.05, 3.63) is 71.0 Å². The van der Waals surface area contributed by atoms with E-state index in [0.29, 0.717) is 60.9 Å². The van der Waals surface area contributed by atoms with E-state index in [4.69, 9.17) is 20.2 Å². The number of amides is 3. The number of fused-ring (bicyclic) bond motifs is 1. The van der Waals surface area contributed by atoms with Gasteiger partial charge < -0.3 is 24.7 Å². The van der Waals surface area contributed by atoms with Gasteiger partial charge in [0, 0.05) is 31.2 Å². The van der Waals surface area contributed by atoms with Gasteiger partial charge in [-0.25, -0.2) is 9.78 Å². The predicted molar refractivity (Wildman–Crippen MR) is 152 cm³/mol. The lowest BCUT2D eigenvalue weighted by atomic mass is 10.0. The summed E-state index contributed by atoms with van der Waals surface area (Å²) in [6.45, 7) is 5.38. The molecule has 3 heterocycles. The molecule has 2 aromatic carbocycles. The van der Waals surface area contributed by atoms with E-state index in [1.54, 1.807) is 27.8 Å². The lowest BCUT2D eigenvalue weighted by Crippen LogP contribution is -2.39. The highest BCUT2D eigenvalue weighted by Gasteiger charge is 2.30. The predicted octanol–water partition coefficient (Wildman–Crippen LogP) is 3.89. The molecule has 3 N–H and O–H groups in total. The molecule has 3 amide bonds. The third-order valence-corrected chi connectivity index (χ3v) is 7.21. The van der Waals surface area contributed by atoms with Crippen molar-refractivity contribution in [2.24, 2.45) is 5.73 Å². The number of nitrogens with one attached hydrogen (secondary N) is 1. The second-order valence-electron chi connectivity index (χ2n) is 9.92. The van der Waals surface area contributed by atoms with Crippen LogP contribution in [0.1, 0.15) is 57.9 Å². The van der Waals surface area contributed by atoms with Crippen molar-refractivity contribution in [3.8, 4) is 5.75 Å². The van der Waals surface area contributed by atoms with Crippen LogP contribution in [0.15, 0.2) is 48.5 Å². The van der Waals surface area contributed by atoms with Crippen LogP contribution < -0.4 is 15.8 Å². The average Bonchev–Trinajstić information content (AvgIpc) is 3.55. The number of hydrogen-bond donors (Lipinski definition) is 2. The maximum absolute atomic E-state index is 13.4. The van der Waals surface area contributed by atoms with E-state index in [9.17, 15) is 14.4 Å². The van der Waals surface area contributed by atoms with Gasteiger partial charge in [-0.1, -0.05) is 30.3 Å². The molecule has 12 heteroatoms. The molecule has 0 aliphatic carbocycles. The van der Waals surface area contributed by atoms with Gasteiger partial charge in [-0.15, -0.1) is 0 Å². The Kier molecular flexibility index (Phi) is 7.90. The minimum Gasteiger partial charge on any atom is -0.494 e. The lowest BCUT2D eigenvalue weighted by molar-refractivity contribution is 0.0835. The zero-order valence-electron chi connectivity index (χ0n) is 23.3. The summed E-state index contributed by atoms with van der Waals surface area (Å²) in [5.74, 6) is -0.269. The highest BCUT2D eigenvalue weighted by Crippen LogP contribution is 2.37. The number of carbonyl (C=O) groups is 3. The number of anilines is 1. The number of likely N-dealkylation sites (tertiary alicyclic amines) is 1. The van der Waals surface area contributed by atoms with Gasteiger partial charge in [0.05, 0.1) is 18.3 Å². The van der Waals surface area contributed by atoms with Crippen molar-refractivity contribution in [2.75, 3.05) is 25.5 Å². The Morgan fingerprint density at radius 2 is 1.83 bits per heavy atom. The fourth-order valence-electron chi connectivity index (χ4n) is 5.19. The van der Waals surface area contributed by atoms with E-state index < -0.39 is 5.91 Å². The number of ether oxygens (including phenoxy) is 2. The summed E-state index contributed by atoms with van der Waals surface area (Å²) in [6.07, 6.45) is 0.798. The fraction of sp³-hybridized carbons (Fsp3) is 0.345. The number of benzene rings is 2. The van der Waals surface area contributed by atoms with Crippen LogP contribution in [-0.4, -0.2) is 62.3 Å². The first-order valence-electron chi connectivity index (χ1n) is 13.5. The van der Waals surface area contributed by atoms with Crippen LogP contribution in [0, 0.1) is 6.92 Å². The van der Waals surface area contributed by atoms with Gasteiger partial charge in [0.25, 0.3) is 5.91 Å². The van der Waals surface area contributed by atoms with Crippen LogP contribution in [0.25, 0.3) is 11.0 Å². The second kappa shape index (κ2) is 11.7. The first-order chi connectivity index (χ1) is 19.8. The van der Waals surface area contributed by atoms with Gasteiger partial charge in [0.1, 0.15) is 23.6 Å². The number of aromatic nitrogens is 4. The third kappa shape index (κ3) is 5.72. The Labute approximate surface area is 237 Å². The molecule has 214 valence electrons. The average molecular weight is 560 g/mol. The van der Waals surface area contributed by atoms with Crippen LogP contribution in [0.5, 0.6) is 5.75 Å². The number of aryl methyl sites for hydroxylation is 2. The minimum absolute atomic E-state index is 0.125. The van der Waals surface area contributed by atoms with Gasteiger partial charge in [-0.2, -0.15) is 5.10 Å². The molecule has 1 aliphatic heterocycles. The van der Waals surface area contributed by atoms with Gasteiger partial charge in [-0.05, 0) is 50.5 Å². The Morgan fingerprint density at radius 3 is 2.49 bits per heavy atom. The molecule has 4 aromatic rings. The van der Waals surface area contributed by atoms with Crippen molar-refractivity contribution in [1.82, 2.24) is 24.2 Å². The normalized spacial score (nSPS) is 13.8. The van der Waals surface area contributed by atoms with Crippen molar-refractivity contribution >= 4 is 34.9 Å². The van der Waals surface area contributed by atoms with Crippen LogP contribution in [0.3, 0.4) is 0 Å². The molecule has 1 fully saturated rings. The number of rotatable bonds is 8. The molecule has 0 atom stereocenters. The molecule has 12 nitrogen and oxygen atoms in total. The minimum atomic E-state index is -0.616. The van der Waals surface area contributed by atoms with E-state index in [-0.39, 0.29) is 30.2 Å². The summed E-state index contributed by atoms with van der Waals surface area (Å²) >= 11 is 0. The number of nitrogens with zero attached hydrogens (tertiary/aromatic N) is 5. The molecule has 1 saturated heterocycles. The highest BCUT2D eigenvalue weighted by molar-refractivity contribution is 6.04. The SMILES string of the molecule is CCn1nc(C)cc1C(=O)Nc1nc2cc(C(N)=O)cc(OC)c2n1C1CCN(C(=O)OCc2ccccc2)CC1. The number of imidazole rings is 1. The van der Waals surface area contributed by atoms with Gasteiger partial charge in [-0.3, -0.25) is 19.6 Å². The number of carbonyl (C=O) groups excluding carboxylic acids is 3. The number of hydrogen-bond acceptors (Lipinski definition) is 7. The summed E-state index contributed by atoms with van der Waals surface area (Å²) in [5, 5.41) is 7.32. The maximum Gasteiger partial charge on any atom is 0.410 e. The van der Waals surface area contributed by atoms with Gasteiger partial charge >= 0.3 is 6.09 Å². The summed E-state index contributed by atoms with van der Waals surface area (Å²) in [7, 11) is 1.50. The maximum atomic E-state index is 13.4. The summed E-state index contributed by atoms with van der Waals surface area (Å²) in [6, 6.07) is 14.3. The number of methoxy groups -OCH3 is 1. The van der Waals surface area contributed by atoms with Crippen molar-refractivity contribution in [2.45, 2.75) is 45.9 Å². The molecule has 5 rings (SSSR count). The van der Waals surface area contributed by atoms with Crippen molar-refractivity contribution in [1.29, 1.82) is 0 Å². The summed E-state index contributed by atoms with van der Waals surface area (Å²) in [4.78, 5) is 44.5. The van der Waals surface area contributed by atoms with E-state index in [2.05, 4.69) is 10.4 Å². The molecule has 0 spiro atoms. The smallest absolute Gasteiger partial charge is 0.410 e. The lowest BCUT2D eigenvalue weighted by Gasteiger charge is -2.33. The number of nitrogens with two attached hydrogens (primary N) is 1.